The van der Waals surface area contributed by atoms with Gasteiger partial charge in [-0.05, 0) is 47.5 Å². The maximum Gasteiger partial charge on any atom is 0.319 e. The molecule has 4 nitrogen and oxygen atoms in total. The maximum absolute atomic E-state index is 12.0. The summed E-state index contributed by atoms with van der Waals surface area (Å²) in [5, 5.41) is 6.60. The molecule has 27 heavy (non-hydrogen) atoms. The van der Waals surface area contributed by atoms with E-state index in [2.05, 4.69) is 10.6 Å². The number of anilines is 1. The SMILES string of the molecule is O=C(NCc1ccc(Cl)cc1Cl)Nc1ccc(OCc2ccccc2)cc1. The Kier molecular flexibility index (Phi) is 6.58. The number of hydrogen-bond donors (Lipinski definition) is 2. The Labute approximate surface area is 168 Å². The van der Waals surface area contributed by atoms with Gasteiger partial charge in [-0.2, -0.15) is 0 Å². The Bertz CT molecular complexity index is 900. The Morgan fingerprint density at radius 3 is 2.37 bits per heavy atom. The van der Waals surface area contributed by atoms with Crippen LogP contribution in [-0.2, 0) is 13.2 Å². The van der Waals surface area contributed by atoms with E-state index in [-0.39, 0.29) is 6.03 Å². The minimum absolute atomic E-state index is 0.306. The molecule has 3 aromatic rings. The summed E-state index contributed by atoms with van der Waals surface area (Å²) in [7, 11) is 0. The van der Waals surface area contributed by atoms with Gasteiger partial charge in [0, 0.05) is 22.3 Å². The third kappa shape index (κ3) is 5.91. The molecule has 0 saturated carbocycles. The highest BCUT2D eigenvalue weighted by atomic mass is 35.5. The molecule has 138 valence electrons. The Hall–Kier alpha value is -2.69. The van der Waals surface area contributed by atoms with Gasteiger partial charge in [0.2, 0.25) is 0 Å². The van der Waals surface area contributed by atoms with Crippen LogP contribution in [0.4, 0.5) is 10.5 Å². The molecule has 0 spiro atoms. The molecule has 0 bridgehead atoms. The lowest BCUT2D eigenvalue weighted by atomic mass is 10.2. The van der Waals surface area contributed by atoms with E-state index in [4.69, 9.17) is 27.9 Å². The number of benzene rings is 3. The molecule has 0 radical (unpaired) electrons. The smallest absolute Gasteiger partial charge is 0.319 e. The van der Waals surface area contributed by atoms with Crippen molar-refractivity contribution in [3.8, 4) is 5.75 Å². The van der Waals surface area contributed by atoms with Gasteiger partial charge >= 0.3 is 6.03 Å². The number of urea groups is 1. The van der Waals surface area contributed by atoms with Crippen molar-refractivity contribution in [2.24, 2.45) is 0 Å². The Morgan fingerprint density at radius 2 is 1.67 bits per heavy atom. The molecule has 0 fully saturated rings. The van der Waals surface area contributed by atoms with E-state index in [9.17, 15) is 4.79 Å². The van der Waals surface area contributed by atoms with Crippen LogP contribution in [0.5, 0.6) is 5.75 Å². The van der Waals surface area contributed by atoms with Crippen molar-refractivity contribution >= 4 is 34.9 Å². The van der Waals surface area contributed by atoms with E-state index in [1.54, 1.807) is 30.3 Å². The summed E-state index contributed by atoms with van der Waals surface area (Å²) in [4.78, 5) is 12.0. The first-order chi connectivity index (χ1) is 13.1. The third-order valence-electron chi connectivity index (χ3n) is 3.82. The van der Waals surface area contributed by atoms with Gasteiger partial charge in [-0.3, -0.25) is 0 Å². The monoisotopic (exact) mass is 400 g/mol. The predicted molar refractivity (Wildman–Crippen MR) is 110 cm³/mol. The van der Waals surface area contributed by atoms with Crippen molar-refractivity contribution in [3.05, 3.63) is 94.0 Å². The summed E-state index contributed by atoms with van der Waals surface area (Å²) in [6.07, 6.45) is 0. The molecular formula is C21H18Cl2N2O2. The fourth-order valence-electron chi connectivity index (χ4n) is 2.39. The summed E-state index contributed by atoms with van der Waals surface area (Å²) >= 11 is 12.0. The van der Waals surface area contributed by atoms with Crippen molar-refractivity contribution in [2.45, 2.75) is 13.2 Å². The second-order valence-electron chi connectivity index (χ2n) is 5.84. The molecule has 0 aliphatic rings. The summed E-state index contributed by atoms with van der Waals surface area (Å²) in [6, 6.07) is 22.0. The fraction of sp³-hybridized carbons (Fsp3) is 0.0952. The summed E-state index contributed by atoms with van der Waals surface area (Å²) in [5.74, 6) is 0.734. The van der Waals surface area contributed by atoms with Crippen molar-refractivity contribution in [1.82, 2.24) is 5.32 Å². The number of carbonyl (C=O) groups excluding carboxylic acids is 1. The first-order valence-electron chi connectivity index (χ1n) is 8.36. The van der Waals surface area contributed by atoms with Crippen LogP contribution in [-0.4, -0.2) is 6.03 Å². The maximum atomic E-state index is 12.0. The van der Waals surface area contributed by atoms with E-state index in [0.717, 1.165) is 16.9 Å². The molecule has 6 heteroatoms. The van der Waals surface area contributed by atoms with Crippen LogP contribution in [0, 0.1) is 0 Å². The predicted octanol–water partition coefficient (Wildman–Crippen LogP) is 5.89. The lowest BCUT2D eigenvalue weighted by molar-refractivity contribution is 0.251. The van der Waals surface area contributed by atoms with Crippen molar-refractivity contribution in [1.29, 1.82) is 0 Å². The standard InChI is InChI=1S/C21H18Cl2N2O2/c22-17-7-6-16(20(23)12-17)13-24-21(26)25-18-8-10-19(11-9-18)27-14-15-4-2-1-3-5-15/h1-12H,13-14H2,(H2,24,25,26). The lowest BCUT2D eigenvalue weighted by Crippen LogP contribution is -2.28. The van der Waals surface area contributed by atoms with E-state index in [0.29, 0.717) is 28.9 Å². The zero-order chi connectivity index (χ0) is 19.1. The first kappa shape index (κ1) is 19.1. The van der Waals surface area contributed by atoms with E-state index in [1.807, 2.05) is 42.5 Å². The van der Waals surface area contributed by atoms with Crippen LogP contribution in [0.2, 0.25) is 10.0 Å². The van der Waals surface area contributed by atoms with Gasteiger partial charge in [-0.15, -0.1) is 0 Å². The summed E-state index contributed by atoms with van der Waals surface area (Å²) < 4.78 is 5.73. The van der Waals surface area contributed by atoms with Crippen molar-refractivity contribution in [2.75, 3.05) is 5.32 Å². The molecule has 0 aliphatic heterocycles. The summed E-state index contributed by atoms with van der Waals surface area (Å²) in [6.45, 7) is 0.802. The van der Waals surface area contributed by atoms with Gasteiger partial charge < -0.3 is 15.4 Å². The van der Waals surface area contributed by atoms with Crippen LogP contribution in [0.25, 0.3) is 0 Å². The molecule has 0 heterocycles. The normalized spacial score (nSPS) is 10.3. The fourth-order valence-corrected chi connectivity index (χ4v) is 2.87. The van der Waals surface area contributed by atoms with Crippen LogP contribution in [0.15, 0.2) is 72.8 Å². The van der Waals surface area contributed by atoms with Crippen LogP contribution < -0.4 is 15.4 Å². The van der Waals surface area contributed by atoms with Crippen LogP contribution in [0.3, 0.4) is 0 Å². The highest BCUT2D eigenvalue weighted by Crippen LogP contribution is 2.21. The Balaban J connectivity index is 1.48. The van der Waals surface area contributed by atoms with Crippen LogP contribution in [0.1, 0.15) is 11.1 Å². The topological polar surface area (TPSA) is 50.4 Å². The zero-order valence-corrected chi connectivity index (χ0v) is 15.9. The number of rotatable bonds is 6. The lowest BCUT2D eigenvalue weighted by Gasteiger charge is -2.10. The van der Waals surface area contributed by atoms with Gasteiger partial charge in [0.1, 0.15) is 12.4 Å². The van der Waals surface area contributed by atoms with E-state index < -0.39 is 0 Å². The number of halogens is 2. The third-order valence-corrected chi connectivity index (χ3v) is 4.40. The molecule has 2 N–H and O–H groups in total. The molecule has 3 rings (SSSR count). The molecule has 2 amide bonds. The molecule has 0 unspecified atom stereocenters. The highest BCUT2D eigenvalue weighted by molar-refractivity contribution is 6.35. The molecule has 0 atom stereocenters. The second kappa shape index (κ2) is 9.31. The van der Waals surface area contributed by atoms with Gasteiger partial charge in [-0.25, -0.2) is 4.79 Å². The van der Waals surface area contributed by atoms with Gasteiger partial charge in [0.05, 0.1) is 0 Å². The first-order valence-corrected chi connectivity index (χ1v) is 9.11. The van der Waals surface area contributed by atoms with Gasteiger partial charge in [0.25, 0.3) is 0 Å². The summed E-state index contributed by atoms with van der Waals surface area (Å²) in [5.41, 5.74) is 2.56. The van der Waals surface area contributed by atoms with E-state index >= 15 is 0 Å². The van der Waals surface area contributed by atoms with Gasteiger partial charge in [0.15, 0.2) is 0 Å². The van der Waals surface area contributed by atoms with Crippen molar-refractivity contribution < 1.29 is 9.53 Å². The van der Waals surface area contributed by atoms with Crippen LogP contribution >= 0.6 is 23.2 Å². The quantitative estimate of drug-likeness (QED) is 0.541. The van der Waals surface area contributed by atoms with Crippen molar-refractivity contribution in [3.63, 3.8) is 0 Å². The number of carbonyl (C=O) groups is 1. The highest BCUT2D eigenvalue weighted by Gasteiger charge is 2.05. The largest absolute Gasteiger partial charge is 0.489 e. The minimum Gasteiger partial charge on any atom is -0.489 e. The molecule has 3 aromatic carbocycles. The Morgan fingerprint density at radius 1 is 0.926 bits per heavy atom. The number of ether oxygens (including phenoxy) is 1. The second-order valence-corrected chi connectivity index (χ2v) is 6.69. The minimum atomic E-state index is -0.320. The number of nitrogens with one attached hydrogen (secondary N) is 2. The zero-order valence-electron chi connectivity index (χ0n) is 14.4. The van der Waals surface area contributed by atoms with Gasteiger partial charge in [-0.1, -0.05) is 59.6 Å². The molecule has 0 aromatic heterocycles. The average Bonchev–Trinajstić information content (AvgIpc) is 2.67. The number of hydrogen-bond acceptors (Lipinski definition) is 2. The molecule has 0 aliphatic carbocycles. The molecule has 0 saturated heterocycles. The average molecular weight is 401 g/mol. The number of amides is 2. The molecular weight excluding hydrogens is 383 g/mol. The van der Waals surface area contributed by atoms with E-state index in [1.165, 1.54) is 0 Å².